The van der Waals surface area contributed by atoms with Crippen molar-refractivity contribution in [2.45, 2.75) is 31.7 Å². The Morgan fingerprint density at radius 2 is 1.96 bits per heavy atom. The van der Waals surface area contributed by atoms with Crippen LogP contribution in [0, 0.1) is 6.92 Å². The molecule has 25 heavy (non-hydrogen) atoms. The van der Waals surface area contributed by atoms with Gasteiger partial charge in [0.05, 0.1) is 17.7 Å². The summed E-state index contributed by atoms with van der Waals surface area (Å²) in [5.74, 6) is -1.29. The van der Waals surface area contributed by atoms with Crippen molar-refractivity contribution in [3.05, 3.63) is 41.6 Å². The van der Waals surface area contributed by atoms with Crippen LogP contribution in [0.15, 0.2) is 30.3 Å². The molecule has 0 aliphatic carbocycles. The van der Waals surface area contributed by atoms with Crippen LogP contribution in [-0.2, 0) is 9.53 Å². The second-order valence-electron chi connectivity index (χ2n) is 6.45. The molecule has 1 aliphatic heterocycles. The van der Waals surface area contributed by atoms with Crippen molar-refractivity contribution in [3.8, 4) is 11.3 Å². The molecule has 0 atom stereocenters. The fraction of sp³-hybridized carbons (Fsp3) is 0.389. The number of hydrogen-bond acceptors (Lipinski definition) is 4. The first-order valence-electron chi connectivity index (χ1n) is 8.22. The summed E-state index contributed by atoms with van der Waals surface area (Å²) in [5, 5.41) is 19.0. The van der Waals surface area contributed by atoms with Crippen LogP contribution >= 0.6 is 0 Å². The maximum Gasteiger partial charge on any atom is 0.305 e. The highest BCUT2D eigenvalue weighted by Crippen LogP contribution is 2.25. The molecule has 132 valence electrons. The maximum atomic E-state index is 12.6. The molecule has 7 nitrogen and oxygen atoms in total. The molecule has 0 spiro atoms. The zero-order valence-corrected chi connectivity index (χ0v) is 14.0. The predicted molar refractivity (Wildman–Crippen MR) is 91.3 cm³/mol. The van der Waals surface area contributed by atoms with E-state index in [1.54, 1.807) is 6.07 Å². The molecular formula is C18H21N3O4. The van der Waals surface area contributed by atoms with Crippen molar-refractivity contribution in [1.29, 1.82) is 0 Å². The standard InChI is InChI=1S/C18H21N3O4/c1-12-2-4-13(5-3-12)14-10-15(21-20-14)17(24)19-18(11-16(22)23)6-8-25-9-7-18/h2-5,10H,6-9,11H2,1H3,(H,19,24)(H,20,21)(H,22,23). The van der Waals surface area contributed by atoms with Gasteiger partial charge < -0.3 is 15.2 Å². The SMILES string of the molecule is Cc1ccc(-c2cc(C(=O)NC3(CC(=O)O)CCOCC3)[nH]n2)cc1. The Kier molecular flexibility index (Phi) is 4.85. The molecule has 0 saturated carbocycles. The van der Waals surface area contributed by atoms with Gasteiger partial charge in [0.1, 0.15) is 5.69 Å². The number of aromatic amines is 1. The summed E-state index contributed by atoms with van der Waals surface area (Å²) >= 11 is 0. The molecule has 0 unspecified atom stereocenters. The summed E-state index contributed by atoms with van der Waals surface area (Å²) in [6, 6.07) is 9.52. The van der Waals surface area contributed by atoms with Gasteiger partial charge in [-0.2, -0.15) is 5.10 Å². The number of benzene rings is 1. The minimum absolute atomic E-state index is 0.124. The molecule has 3 N–H and O–H groups in total. The van der Waals surface area contributed by atoms with Gasteiger partial charge in [-0.3, -0.25) is 14.7 Å². The van der Waals surface area contributed by atoms with Gasteiger partial charge in [0, 0.05) is 18.8 Å². The van der Waals surface area contributed by atoms with E-state index >= 15 is 0 Å². The first-order valence-corrected chi connectivity index (χ1v) is 8.22. The van der Waals surface area contributed by atoms with E-state index < -0.39 is 11.5 Å². The van der Waals surface area contributed by atoms with Gasteiger partial charge in [-0.05, 0) is 25.8 Å². The number of aromatic nitrogens is 2. The zero-order valence-electron chi connectivity index (χ0n) is 14.0. The zero-order chi connectivity index (χ0) is 17.9. The van der Waals surface area contributed by atoms with Gasteiger partial charge in [0.2, 0.25) is 0 Å². The number of ether oxygens (including phenoxy) is 1. The number of amides is 1. The fourth-order valence-corrected chi connectivity index (χ4v) is 3.02. The Bertz CT molecular complexity index is 761. The van der Waals surface area contributed by atoms with Gasteiger partial charge >= 0.3 is 5.97 Å². The quantitative estimate of drug-likeness (QED) is 0.771. The number of H-pyrrole nitrogens is 1. The monoisotopic (exact) mass is 343 g/mol. The Hall–Kier alpha value is -2.67. The molecule has 0 bridgehead atoms. The van der Waals surface area contributed by atoms with Crippen LogP contribution in [0.4, 0.5) is 0 Å². The van der Waals surface area contributed by atoms with E-state index in [4.69, 9.17) is 4.74 Å². The van der Waals surface area contributed by atoms with Crippen molar-refractivity contribution in [2.24, 2.45) is 0 Å². The number of aliphatic carboxylic acids is 1. The summed E-state index contributed by atoms with van der Waals surface area (Å²) in [4.78, 5) is 23.8. The third-order valence-electron chi connectivity index (χ3n) is 4.49. The number of carbonyl (C=O) groups excluding carboxylic acids is 1. The second kappa shape index (κ2) is 7.06. The van der Waals surface area contributed by atoms with Crippen LogP contribution in [0.3, 0.4) is 0 Å². The van der Waals surface area contributed by atoms with Crippen LogP contribution in [0.5, 0.6) is 0 Å². The number of carboxylic acids is 1. The van der Waals surface area contributed by atoms with E-state index in [0.29, 0.717) is 37.4 Å². The molecule has 2 heterocycles. The number of rotatable bonds is 5. The average Bonchev–Trinajstić information content (AvgIpc) is 3.05. The topological polar surface area (TPSA) is 104 Å². The highest BCUT2D eigenvalue weighted by Gasteiger charge is 2.37. The predicted octanol–water partition coefficient (Wildman–Crippen LogP) is 2.14. The van der Waals surface area contributed by atoms with Crippen LogP contribution in [0.2, 0.25) is 0 Å². The third-order valence-corrected chi connectivity index (χ3v) is 4.49. The van der Waals surface area contributed by atoms with E-state index in [9.17, 15) is 14.7 Å². The number of nitrogens with one attached hydrogen (secondary N) is 2. The molecule has 7 heteroatoms. The van der Waals surface area contributed by atoms with Crippen LogP contribution < -0.4 is 5.32 Å². The fourth-order valence-electron chi connectivity index (χ4n) is 3.02. The first-order chi connectivity index (χ1) is 12.0. The van der Waals surface area contributed by atoms with E-state index in [2.05, 4.69) is 15.5 Å². The molecule has 3 rings (SSSR count). The minimum atomic E-state index is -0.938. The van der Waals surface area contributed by atoms with Crippen molar-refractivity contribution < 1.29 is 19.4 Å². The molecule has 1 fully saturated rings. The lowest BCUT2D eigenvalue weighted by Gasteiger charge is -2.36. The third kappa shape index (κ3) is 4.06. The lowest BCUT2D eigenvalue weighted by Crippen LogP contribution is -2.53. The number of carbonyl (C=O) groups is 2. The number of hydrogen-bond donors (Lipinski definition) is 3. The van der Waals surface area contributed by atoms with Gasteiger partial charge in [-0.25, -0.2) is 0 Å². The Morgan fingerprint density at radius 3 is 2.60 bits per heavy atom. The summed E-state index contributed by atoms with van der Waals surface area (Å²) in [7, 11) is 0. The molecule has 1 aromatic heterocycles. The average molecular weight is 343 g/mol. The van der Waals surface area contributed by atoms with Gasteiger partial charge in [0.25, 0.3) is 5.91 Å². The summed E-state index contributed by atoms with van der Waals surface area (Å²) in [6.45, 7) is 2.87. The highest BCUT2D eigenvalue weighted by molar-refractivity contribution is 5.94. The van der Waals surface area contributed by atoms with Crippen LogP contribution in [0.25, 0.3) is 11.3 Å². The van der Waals surface area contributed by atoms with Crippen LogP contribution in [0.1, 0.15) is 35.3 Å². The lowest BCUT2D eigenvalue weighted by molar-refractivity contribution is -0.139. The Labute approximate surface area is 145 Å². The van der Waals surface area contributed by atoms with E-state index in [0.717, 1.165) is 11.1 Å². The molecule has 1 aromatic carbocycles. The minimum Gasteiger partial charge on any atom is -0.481 e. The van der Waals surface area contributed by atoms with Crippen molar-refractivity contribution in [3.63, 3.8) is 0 Å². The molecule has 2 aromatic rings. The summed E-state index contributed by atoms with van der Waals surface area (Å²) in [5.41, 5.74) is 2.26. The first kappa shape index (κ1) is 17.2. The molecule has 0 radical (unpaired) electrons. The largest absolute Gasteiger partial charge is 0.481 e. The molecular weight excluding hydrogens is 322 g/mol. The lowest BCUT2D eigenvalue weighted by atomic mass is 9.86. The second-order valence-corrected chi connectivity index (χ2v) is 6.45. The van der Waals surface area contributed by atoms with E-state index in [1.165, 1.54) is 0 Å². The van der Waals surface area contributed by atoms with E-state index in [1.807, 2.05) is 31.2 Å². The van der Waals surface area contributed by atoms with Crippen molar-refractivity contribution in [1.82, 2.24) is 15.5 Å². The molecule has 1 amide bonds. The Morgan fingerprint density at radius 1 is 1.28 bits per heavy atom. The molecule has 1 aliphatic rings. The maximum absolute atomic E-state index is 12.6. The number of nitrogens with zero attached hydrogens (tertiary/aromatic N) is 1. The molecule has 1 saturated heterocycles. The van der Waals surface area contributed by atoms with Crippen molar-refractivity contribution >= 4 is 11.9 Å². The normalized spacial score (nSPS) is 16.4. The number of carboxylic acid groups (broad SMARTS) is 1. The summed E-state index contributed by atoms with van der Waals surface area (Å²) in [6.07, 6.45) is 0.828. The van der Waals surface area contributed by atoms with Gasteiger partial charge in [0.15, 0.2) is 0 Å². The van der Waals surface area contributed by atoms with Gasteiger partial charge in [-0.15, -0.1) is 0 Å². The van der Waals surface area contributed by atoms with Crippen molar-refractivity contribution in [2.75, 3.05) is 13.2 Å². The number of aryl methyl sites for hydroxylation is 1. The highest BCUT2D eigenvalue weighted by atomic mass is 16.5. The van der Waals surface area contributed by atoms with Gasteiger partial charge in [-0.1, -0.05) is 29.8 Å². The van der Waals surface area contributed by atoms with Crippen LogP contribution in [-0.4, -0.2) is 45.9 Å². The van der Waals surface area contributed by atoms with E-state index in [-0.39, 0.29) is 12.3 Å². The summed E-state index contributed by atoms with van der Waals surface area (Å²) < 4.78 is 5.30. The smallest absolute Gasteiger partial charge is 0.305 e. The Balaban J connectivity index is 1.76.